The van der Waals surface area contributed by atoms with Gasteiger partial charge in [-0.05, 0) is 18.9 Å². The second-order valence-corrected chi connectivity index (χ2v) is 4.50. The minimum Gasteiger partial charge on any atom is -0.495 e. The average molecular weight is 273 g/mol. The van der Waals surface area contributed by atoms with Crippen molar-refractivity contribution in [2.45, 2.75) is 12.8 Å². The summed E-state index contributed by atoms with van der Waals surface area (Å²) >= 11 is 5.78. The molecule has 0 unspecified atom stereocenters. The van der Waals surface area contributed by atoms with Crippen molar-refractivity contribution in [3.8, 4) is 5.75 Å². The summed E-state index contributed by atoms with van der Waals surface area (Å²) in [6, 6.07) is 2.21. The van der Waals surface area contributed by atoms with Crippen LogP contribution in [0.2, 0.25) is 5.02 Å². The number of amides is 2. The Bertz CT molecular complexity index is 462. The molecule has 0 aromatic heterocycles. The van der Waals surface area contributed by atoms with E-state index in [1.54, 1.807) is 4.90 Å². The van der Waals surface area contributed by atoms with Crippen LogP contribution in [0.25, 0.3) is 0 Å². The summed E-state index contributed by atoms with van der Waals surface area (Å²) in [6.07, 6.45) is 1.97. The quantitative estimate of drug-likeness (QED) is 0.899. The van der Waals surface area contributed by atoms with Crippen molar-refractivity contribution in [3.63, 3.8) is 0 Å². The molecule has 6 heteroatoms. The van der Waals surface area contributed by atoms with Crippen LogP contribution < -0.4 is 10.1 Å². The first-order valence-electron chi connectivity index (χ1n) is 5.71. The highest BCUT2D eigenvalue weighted by molar-refractivity contribution is 6.32. The van der Waals surface area contributed by atoms with Gasteiger partial charge in [-0.3, -0.25) is 0 Å². The van der Waals surface area contributed by atoms with E-state index in [4.69, 9.17) is 16.3 Å². The number of hydrogen-bond acceptors (Lipinski definition) is 2. The summed E-state index contributed by atoms with van der Waals surface area (Å²) in [6.45, 7) is 1.41. The molecule has 2 amide bonds. The van der Waals surface area contributed by atoms with Crippen LogP contribution in [0, 0.1) is 5.82 Å². The molecule has 0 bridgehead atoms. The molecule has 2 rings (SSSR count). The van der Waals surface area contributed by atoms with Crippen LogP contribution >= 0.6 is 11.6 Å². The van der Waals surface area contributed by atoms with E-state index >= 15 is 0 Å². The maximum absolute atomic E-state index is 13.6. The lowest BCUT2D eigenvalue weighted by molar-refractivity contribution is 0.222. The zero-order chi connectivity index (χ0) is 13.1. The summed E-state index contributed by atoms with van der Waals surface area (Å²) in [4.78, 5) is 13.5. The lowest BCUT2D eigenvalue weighted by Gasteiger charge is -2.17. The molecule has 0 aliphatic carbocycles. The summed E-state index contributed by atoms with van der Waals surface area (Å²) in [7, 11) is 1.44. The molecular formula is C12H14ClFN2O2. The van der Waals surface area contributed by atoms with E-state index in [0.717, 1.165) is 18.9 Å². The fourth-order valence-electron chi connectivity index (χ4n) is 1.90. The molecule has 0 radical (unpaired) electrons. The Morgan fingerprint density at radius 1 is 1.44 bits per heavy atom. The van der Waals surface area contributed by atoms with Crippen LogP contribution in [0.15, 0.2) is 12.1 Å². The smallest absolute Gasteiger partial charge is 0.321 e. The maximum atomic E-state index is 13.6. The molecule has 1 aromatic carbocycles. The fourth-order valence-corrected chi connectivity index (χ4v) is 2.12. The van der Waals surface area contributed by atoms with Crippen molar-refractivity contribution < 1.29 is 13.9 Å². The number of rotatable bonds is 2. The lowest BCUT2D eigenvalue weighted by atomic mass is 10.3. The Morgan fingerprint density at radius 2 is 2.11 bits per heavy atom. The number of likely N-dealkylation sites (tertiary alicyclic amines) is 1. The van der Waals surface area contributed by atoms with Gasteiger partial charge in [0.25, 0.3) is 0 Å². The van der Waals surface area contributed by atoms with Gasteiger partial charge in [-0.25, -0.2) is 9.18 Å². The molecule has 1 fully saturated rings. The van der Waals surface area contributed by atoms with Gasteiger partial charge in [0.15, 0.2) is 0 Å². The van der Waals surface area contributed by atoms with Crippen LogP contribution in [0.3, 0.4) is 0 Å². The minimum atomic E-state index is -0.576. The number of carbonyl (C=O) groups excluding carboxylic acids is 1. The number of nitrogens with zero attached hydrogens (tertiary/aromatic N) is 1. The van der Waals surface area contributed by atoms with Gasteiger partial charge in [0.1, 0.15) is 11.6 Å². The van der Waals surface area contributed by atoms with Crippen molar-refractivity contribution >= 4 is 23.3 Å². The highest BCUT2D eigenvalue weighted by Gasteiger charge is 2.19. The molecule has 4 nitrogen and oxygen atoms in total. The Balaban J connectivity index is 2.15. The molecule has 98 valence electrons. The molecule has 1 heterocycles. The summed E-state index contributed by atoms with van der Waals surface area (Å²) < 4.78 is 18.6. The number of benzene rings is 1. The number of halogens is 2. The molecule has 0 spiro atoms. The lowest BCUT2D eigenvalue weighted by Crippen LogP contribution is -2.32. The second-order valence-electron chi connectivity index (χ2n) is 4.09. The van der Waals surface area contributed by atoms with Crippen molar-refractivity contribution in [3.05, 3.63) is 23.0 Å². The molecule has 1 aliphatic rings. The Kier molecular flexibility index (Phi) is 3.91. The fraction of sp³-hybridized carbons (Fsp3) is 0.417. The second kappa shape index (κ2) is 5.44. The topological polar surface area (TPSA) is 41.6 Å². The van der Waals surface area contributed by atoms with E-state index < -0.39 is 5.82 Å². The van der Waals surface area contributed by atoms with Gasteiger partial charge in [-0.1, -0.05) is 11.6 Å². The summed E-state index contributed by atoms with van der Waals surface area (Å²) in [5.41, 5.74) is 0.0770. The van der Waals surface area contributed by atoms with Crippen molar-refractivity contribution in [1.82, 2.24) is 4.90 Å². The number of anilines is 1. The first-order chi connectivity index (χ1) is 8.61. The summed E-state index contributed by atoms with van der Waals surface area (Å²) in [5, 5.41) is 2.70. The molecular weight excluding hydrogens is 259 g/mol. The average Bonchev–Trinajstić information content (AvgIpc) is 2.86. The number of ether oxygens (including phenoxy) is 1. The largest absolute Gasteiger partial charge is 0.495 e. The van der Waals surface area contributed by atoms with E-state index in [1.165, 1.54) is 13.2 Å². The third kappa shape index (κ3) is 2.67. The third-order valence-corrected chi connectivity index (χ3v) is 3.17. The van der Waals surface area contributed by atoms with E-state index in [1.807, 2.05) is 0 Å². The molecule has 1 N–H and O–H groups in total. The number of carbonyl (C=O) groups is 1. The van der Waals surface area contributed by atoms with Crippen LogP contribution in [0.5, 0.6) is 5.75 Å². The molecule has 1 saturated heterocycles. The monoisotopic (exact) mass is 272 g/mol. The molecule has 0 atom stereocenters. The molecule has 18 heavy (non-hydrogen) atoms. The van der Waals surface area contributed by atoms with E-state index in [9.17, 15) is 9.18 Å². The van der Waals surface area contributed by atoms with Gasteiger partial charge >= 0.3 is 6.03 Å². The third-order valence-electron chi connectivity index (χ3n) is 2.88. The Morgan fingerprint density at radius 3 is 2.72 bits per heavy atom. The van der Waals surface area contributed by atoms with Gasteiger partial charge in [0, 0.05) is 19.2 Å². The maximum Gasteiger partial charge on any atom is 0.321 e. The van der Waals surface area contributed by atoms with Crippen molar-refractivity contribution in [1.29, 1.82) is 0 Å². The zero-order valence-corrected chi connectivity index (χ0v) is 10.8. The van der Waals surface area contributed by atoms with Crippen molar-refractivity contribution in [2.24, 2.45) is 0 Å². The Labute approximate surface area is 110 Å². The standard InChI is InChI=1S/C12H14ClFN2O2/c1-18-11-7-10(9(14)6-8(11)13)15-12(17)16-4-2-3-5-16/h6-7H,2-5H2,1H3,(H,15,17). The van der Waals surface area contributed by atoms with Gasteiger partial charge < -0.3 is 15.0 Å². The highest BCUT2D eigenvalue weighted by atomic mass is 35.5. The number of nitrogens with one attached hydrogen (secondary N) is 1. The first kappa shape index (κ1) is 13.0. The van der Waals surface area contributed by atoms with Crippen LogP contribution in [0.4, 0.5) is 14.9 Å². The van der Waals surface area contributed by atoms with E-state index in [2.05, 4.69) is 5.32 Å². The van der Waals surface area contributed by atoms with Crippen molar-refractivity contribution in [2.75, 3.05) is 25.5 Å². The van der Waals surface area contributed by atoms with Gasteiger partial charge in [-0.15, -0.1) is 0 Å². The summed E-state index contributed by atoms with van der Waals surface area (Å²) in [5.74, 6) is -0.247. The Hall–Kier alpha value is -1.49. The highest BCUT2D eigenvalue weighted by Crippen LogP contribution is 2.30. The zero-order valence-electron chi connectivity index (χ0n) is 10.0. The molecule has 1 aromatic rings. The van der Waals surface area contributed by atoms with E-state index in [0.29, 0.717) is 18.8 Å². The van der Waals surface area contributed by atoms with Crippen LogP contribution in [0.1, 0.15) is 12.8 Å². The van der Waals surface area contributed by atoms with Gasteiger partial charge in [0.2, 0.25) is 0 Å². The predicted molar refractivity (Wildman–Crippen MR) is 67.8 cm³/mol. The normalized spacial score (nSPS) is 14.7. The predicted octanol–water partition coefficient (Wildman–Crippen LogP) is 3.12. The van der Waals surface area contributed by atoms with Crippen LogP contribution in [-0.2, 0) is 0 Å². The van der Waals surface area contributed by atoms with Gasteiger partial charge in [-0.2, -0.15) is 0 Å². The van der Waals surface area contributed by atoms with Gasteiger partial charge in [0.05, 0.1) is 17.8 Å². The SMILES string of the molecule is COc1cc(NC(=O)N2CCCC2)c(F)cc1Cl. The number of urea groups is 1. The molecule has 0 saturated carbocycles. The van der Waals surface area contributed by atoms with Crippen LogP contribution in [-0.4, -0.2) is 31.1 Å². The van der Waals surface area contributed by atoms with E-state index in [-0.39, 0.29) is 16.7 Å². The number of hydrogen-bond donors (Lipinski definition) is 1. The minimum absolute atomic E-state index is 0.0770. The first-order valence-corrected chi connectivity index (χ1v) is 6.08. The molecule has 1 aliphatic heterocycles. The number of methoxy groups -OCH3 is 1.